The molecule has 0 aliphatic carbocycles. The topological polar surface area (TPSA) is 52.6 Å². The van der Waals surface area contributed by atoms with Crippen LogP contribution in [0.25, 0.3) is 0 Å². The summed E-state index contributed by atoms with van der Waals surface area (Å²) in [5, 5.41) is 2.73. The van der Waals surface area contributed by atoms with Gasteiger partial charge in [-0.2, -0.15) is 0 Å². The Balaban J connectivity index is 1.40. The molecule has 0 saturated carbocycles. The van der Waals surface area contributed by atoms with Gasteiger partial charge in [0.2, 0.25) is 5.91 Å². The van der Waals surface area contributed by atoms with Crippen molar-refractivity contribution in [3.05, 3.63) is 70.0 Å². The third-order valence-corrected chi connectivity index (χ3v) is 5.33. The fraction of sp³-hybridized carbons (Fsp3) is 0.364. The third-order valence-electron chi connectivity index (χ3n) is 5.01. The molecule has 0 unspecified atom stereocenters. The lowest BCUT2D eigenvalue weighted by atomic mass is 10.1. The highest BCUT2D eigenvalue weighted by atomic mass is 35.5. The number of hydrogen-bond acceptors (Lipinski definition) is 3. The largest absolute Gasteiger partial charge is 0.351 e. The van der Waals surface area contributed by atoms with E-state index in [9.17, 15) is 14.0 Å². The number of nitrogens with one attached hydrogen (secondary N) is 1. The van der Waals surface area contributed by atoms with Gasteiger partial charge in [0.15, 0.2) is 0 Å². The summed E-state index contributed by atoms with van der Waals surface area (Å²) < 4.78 is 13.1. The molecule has 1 aliphatic heterocycles. The van der Waals surface area contributed by atoms with Crippen LogP contribution in [0.2, 0.25) is 5.02 Å². The lowest BCUT2D eigenvalue weighted by molar-refractivity contribution is -0.132. The molecule has 0 spiro atoms. The van der Waals surface area contributed by atoms with Crippen molar-refractivity contribution in [1.29, 1.82) is 0 Å². The molecule has 0 aromatic heterocycles. The predicted molar refractivity (Wildman–Crippen MR) is 111 cm³/mol. The lowest BCUT2D eigenvalue weighted by Crippen LogP contribution is -2.48. The van der Waals surface area contributed by atoms with Crippen LogP contribution in [0.4, 0.5) is 4.39 Å². The number of halogens is 2. The second kappa shape index (κ2) is 9.85. The molecular weight excluding hydrogens is 393 g/mol. The van der Waals surface area contributed by atoms with Gasteiger partial charge in [-0.15, -0.1) is 0 Å². The molecule has 0 bridgehead atoms. The van der Waals surface area contributed by atoms with Crippen molar-refractivity contribution in [2.24, 2.45) is 0 Å². The number of piperazine rings is 1. The van der Waals surface area contributed by atoms with Gasteiger partial charge in [0.25, 0.3) is 5.91 Å². The molecule has 1 fully saturated rings. The Kier molecular flexibility index (Phi) is 7.23. The van der Waals surface area contributed by atoms with Crippen LogP contribution < -0.4 is 5.32 Å². The van der Waals surface area contributed by atoms with E-state index in [1.165, 1.54) is 23.3 Å². The number of rotatable bonds is 6. The fourth-order valence-corrected chi connectivity index (χ4v) is 3.69. The van der Waals surface area contributed by atoms with Gasteiger partial charge in [0, 0.05) is 45.7 Å². The summed E-state index contributed by atoms with van der Waals surface area (Å²) in [5.74, 6) is -0.889. The zero-order valence-electron chi connectivity index (χ0n) is 16.5. The molecule has 1 aliphatic rings. The monoisotopic (exact) mass is 417 g/mol. The molecule has 0 radical (unpaired) electrons. The zero-order valence-corrected chi connectivity index (χ0v) is 17.2. The van der Waals surface area contributed by atoms with E-state index >= 15 is 0 Å². The molecule has 5 nitrogen and oxygen atoms in total. The molecule has 29 heavy (non-hydrogen) atoms. The van der Waals surface area contributed by atoms with E-state index in [-0.39, 0.29) is 29.5 Å². The minimum atomic E-state index is -0.497. The predicted octanol–water partition coefficient (Wildman–Crippen LogP) is 3.25. The average Bonchev–Trinajstić information content (AvgIpc) is 2.68. The van der Waals surface area contributed by atoms with Crippen LogP contribution in [0.15, 0.2) is 42.5 Å². The summed E-state index contributed by atoms with van der Waals surface area (Å²) in [6, 6.07) is 12.1. The standard InChI is InChI=1S/C22H25ClFN3O2/c1-16-3-2-4-17(13-16)15-26-9-11-27(12-10-26)21(28)7-8-25-22(29)19-6-5-18(24)14-20(19)23/h2-6,13-14H,7-12,15H2,1H3,(H,25,29). The molecule has 3 rings (SSSR count). The van der Waals surface area contributed by atoms with Crippen LogP contribution in [-0.2, 0) is 11.3 Å². The smallest absolute Gasteiger partial charge is 0.252 e. The van der Waals surface area contributed by atoms with Gasteiger partial charge in [-0.25, -0.2) is 4.39 Å². The van der Waals surface area contributed by atoms with E-state index in [1.54, 1.807) is 0 Å². The number of amides is 2. The van der Waals surface area contributed by atoms with Crippen molar-refractivity contribution in [2.75, 3.05) is 32.7 Å². The maximum absolute atomic E-state index is 13.1. The van der Waals surface area contributed by atoms with Gasteiger partial charge in [0.1, 0.15) is 5.82 Å². The zero-order chi connectivity index (χ0) is 20.8. The van der Waals surface area contributed by atoms with Crippen LogP contribution in [-0.4, -0.2) is 54.3 Å². The maximum Gasteiger partial charge on any atom is 0.252 e. The van der Waals surface area contributed by atoms with Crippen molar-refractivity contribution in [2.45, 2.75) is 19.9 Å². The minimum Gasteiger partial charge on any atom is -0.351 e. The second-order valence-corrected chi connectivity index (χ2v) is 7.68. The van der Waals surface area contributed by atoms with Crippen LogP contribution in [0, 0.1) is 12.7 Å². The van der Waals surface area contributed by atoms with Crippen molar-refractivity contribution in [3.63, 3.8) is 0 Å². The Morgan fingerprint density at radius 3 is 2.55 bits per heavy atom. The summed E-state index contributed by atoms with van der Waals surface area (Å²) in [6.45, 7) is 6.22. The number of benzene rings is 2. The summed E-state index contributed by atoms with van der Waals surface area (Å²) >= 11 is 5.89. The number of hydrogen-bond donors (Lipinski definition) is 1. The van der Waals surface area contributed by atoms with E-state index < -0.39 is 11.7 Å². The first-order valence-corrected chi connectivity index (χ1v) is 10.1. The number of aryl methyl sites for hydroxylation is 1. The molecule has 7 heteroatoms. The summed E-state index contributed by atoms with van der Waals surface area (Å²) in [5.41, 5.74) is 2.73. The molecule has 154 valence electrons. The fourth-order valence-electron chi connectivity index (χ4n) is 3.43. The van der Waals surface area contributed by atoms with Crippen molar-refractivity contribution in [3.8, 4) is 0 Å². The molecular formula is C22H25ClFN3O2. The first kappa shape index (κ1) is 21.3. The minimum absolute atomic E-state index is 0.0192. The first-order valence-electron chi connectivity index (χ1n) is 9.71. The summed E-state index contributed by atoms with van der Waals surface area (Å²) in [7, 11) is 0. The molecule has 0 atom stereocenters. The van der Waals surface area contributed by atoms with E-state index in [2.05, 4.69) is 41.4 Å². The first-order chi connectivity index (χ1) is 13.9. The quantitative estimate of drug-likeness (QED) is 0.785. The molecule has 2 aromatic carbocycles. The Labute approximate surface area is 175 Å². The molecule has 1 N–H and O–H groups in total. The molecule has 2 amide bonds. The highest BCUT2D eigenvalue weighted by Gasteiger charge is 2.21. The van der Waals surface area contributed by atoms with E-state index in [0.717, 1.165) is 25.7 Å². The number of nitrogens with zero attached hydrogens (tertiary/aromatic N) is 2. The Bertz CT molecular complexity index is 882. The molecule has 1 saturated heterocycles. The Morgan fingerprint density at radius 2 is 1.86 bits per heavy atom. The number of carbonyl (C=O) groups is 2. The SMILES string of the molecule is Cc1cccc(CN2CCN(C(=O)CCNC(=O)c3ccc(F)cc3Cl)CC2)c1. The molecule has 1 heterocycles. The number of carbonyl (C=O) groups excluding carboxylic acids is 2. The van der Waals surface area contributed by atoms with Crippen molar-refractivity contribution < 1.29 is 14.0 Å². The van der Waals surface area contributed by atoms with Gasteiger partial charge < -0.3 is 10.2 Å². The van der Waals surface area contributed by atoms with Gasteiger partial charge >= 0.3 is 0 Å². The second-order valence-electron chi connectivity index (χ2n) is 7.28. The summed E-state index contributed by atoms with van der Waals surface area (Å²) in [6.07, 6.45) is 0.225. The average molecular weight is 418 g/mol. The van der Waals surface area contributed by atoms with E-state index in [0.29, 0.717) is 13.1 Å². The van der Waals surface area contributed by atoms with E-state index in [1.807, 2.05) is 4.90 Å². The van der Waals surface area contributed by atoms with Gasteiger partial charge in [-0.3, -0.25) is 14.5 Å². The van der Waals surface area contributed by atoms with E-state index in [4.69, 9.17) is 11.6 Å². The highest BCUT2D eigenvalue weighted by Crippen LogP contribution is 2.17. The van der Waals surface area contributed by atoms with Gasteiger partial charge in [0.05, 0.1) is 10.6 Å². The van der Waals surface area contributed by atoms with Crippen LogP contribution in [0.3, 0.4) is 0 Å². The van der Waals surface area contributed by atoms with Crippen LogP contribution >= 0.6 is 11.6 Å². The highest BCUT2D eigenvalue weighted by molar-refractivity contribution is 6.33. The Hall–Kier alpha value is -2.44. The van der Waals surface area contributed by atoms with Gasteiger partial charge in [-0.1, -0.05) is 41.4 Å². The molecule has 2 aromatic rings. The normalized spacial score (nSPS) is 14.7. The Morgan fingerprint density at radius 1 is 1.10 bits per heavy atom. The van der Waals surface area contributed by atoms with Crippen LogP contribution in [0.1, 0.15) is 27.9 Å². The van der Waals surface area contributed by atoms with Gasteiger partial charge in [-0.05, 0) is 30.7 Å². The maximum atomic E-state index is 13.1. The van der Waals surface area contributed by atoms with Crippen molar-refractivity contribution in [1.82, 2.24) is 15.1 Å². The van der Waals surface area contributed by atoms with Crippen molar-refractivity contribution >= 4 is 23.4 Å². The van der Waals surface area contributed by atoms with Crippen LogP contribution in [0.5, 0.6) is 0 Å². The third kappa shape index (κ3) is 6.02. The lowest BCUT2D eigenvalue weighted by Gasteiger charge is -2.35. The summed E-state index contributed by atoms with van der Waals surface area (Å²) in [4.78, 5) is 28.7.